The molecule has 1 spiro atoms. The highest BCUT2D eigenvalue weighted by Gasteiger charge is 2.65. The molecule has 1 saturated carbocycles. The Morgan fingerprint density at radius 3 is 2.92 bits per heavy atom. The molecular weight excluding hydrogens is 346 g/mol. The maximum Gasteiger partial charge on any atom is 0.276 e. The van der Waals surface area contributed by atoms with Crippen LogP contribution in [-0.2, 0) is 14.8 Å². The lowest BCUT2D eigenvalue weighted by Gasteiger charge is -2.39. The molecular formula is C16H21N3O5S. The lowest BCUT2D eigenvalue weighted by molar-refractivity contribution is -0.0976. The zero-order valence-electron chi connectivity index (χ0n) is 14.1. The van der Waals surface area contributed by atoms with Gasteiger partial charge in [-0.3, -0.25) is 4.79 Å². The largest absolute Gasteiger partial charge is 0.365 e. The first-order valence-electron chi connectivity index (χ1n) is 8.85. The van der Waals surface area contributed by atoms with Gasteiger partial charge in [0, 0.05) is 31.6 Å². The maximum absolute atomic E-state index is 12.9. The molecule has 0 aromatic carbocycles. The average molecular weight is 367 g/mol. The van der Waals surface area contributed by atoms with E-state index in [2.05, 4.69) is 5.16 Å². The van der Waals surface area contributed by atoms with Crippen molar-refractivity contribution in [2.75, 3.05) is 26.2 Å². The number of hydrogen-bond donors (Lipinski definition) is 0. The van der Waals surface area contributed by atoms with Crippen LogP contribution in [0.3, 0.4) is 0 Å². The van der Waals surface area contributed by atoms with Gasteiger partial charge in [-0.15, -0.1) is 0 Å². The minimum Gasteiger partial charge on any atom is -0.365 e. The van der Waals surface area contributed by atoms with Gasteiger partial charge in [0.15, 0.2) is 5.69 Å². The van der Waals surface area contributed by atoms with Gasteiger partial charge in [-0.2, -0.15) is 4.31 Å². The minimum atomic E-state index is -3.35. The molecule has 0 radical (unpaired) electrons. The lowest BCUT2D eigenvalue weighted by atomic mass is 9.99. The van der Waals surface area contributed by atoms with Crippen LogP contribution in [0.25, 0.3) is 0 Å². The molecule has 0 unspecified atom stereocenters. The molecule has 2 bridgehead atoms. The summed E-state index contributed by atoms with van der Waals surface area (Å²) >= 11 is 0. The average Bonchev–Trinajstić information content (AvgIpc) is 3.20. The molecule has 4 heterocycles. The Morgan fingerprint density at radius 1 is 1.40 bits per heavy atom. The van der Waals surface area contributed by atoms with Crippen LogP contribution in [0.4, 0.5) is 0 Å². The van der Waals surface area contributed by atoms with Crippen LogP contribution < -0.4 is 0 Å². The van der Waals surface area contributed by atoms with Gasteiger partial charge >= 0.3 is 0 Å². The summed E-state index contributed by atoms with van der Waals surface area (Å²) in [4.78, 5) is 14.5. The fraction of sp³-hybridized carbons (Fsp3) is 0.750. The van der Waals surface area contributed by atoms with Crippen LogP contribution >= 0.6 is 0 Å². The number of carbonyl (C=O) groups excluding carboxylic acids is 1. The molecule has 1 aromatic rings. The Kier molecular flexibility index (Phi) is 3.19. The molecule has 1 aliphatic carbocycles. The number of carbonyl (C=O) groups is 1. The molecule has 1 amide bonds. The van der Waals surface area contributed by atoms with Crippen molar-refractivity contribution in [3.05, 3.63) is 17.5 Å². The topological polar surface area (TPSA) is 93.0 Å². The van der Waals surface area contributed by atoms with Crippen LogP contribution in [0.1, 0.15) is 48.4 Å². The number of likely N-dealkylation sites (N-methyl/N-ethyl adjacent to an activating group) is 1. The van der Waals surface area contributed by atoms with Crippen molar-refractivity contribution in [2.45, 2.75) is 49.1 Å². The van der Waals surface area contributed by atoms with Gasteiger partial charge < -0.3 is 14.2 Å². The Balaban J connectivity index is 1.41. The summed E-state index contributed by atoms with van der Waals surface area (Å²) in [6, 6.07) is 1.73. The summed E-state index contributed by atoms with van der Waals surface area (Å²) in [6.07, 6.45) is 2.39. The first-order valence-corrected chi connectivity index (χ1v) is 10.4. The van der Waals surface area contributed by atoms with Crippen molar-refractivity contribution in [2.24, 2.45) is 0 Å². The number of fused-ring (bicyclic) bond motifs is 1. The number of nitrogens with zero attached hydrogens (tertiary/aromatic N) is 3. The highest BCUT2D eigenvalue weighted by Crippen LogP contribution is 2.46. The highest BCUT2D eigenvalue weighted by atomic mass is 32.2. The number of sulfonamides is 1. The number of aromatic nitrogens is 1. The van der Waals surface area contributed by atoms with E-state index in [0.29, 0.717) is 37.7 Å². The van der Waals surface area contributed by atoms with Crippen molar-refractivity contribution in [1.82, 2.24) is 14.4 Å². The van der Waals surface area contributed by atoms with E-state index in [1.807, 2.05) is 6.92 Å². The van der Waals surface area contributed by atoms with E-state index in [1.54, 1.807) is 11.0 Å². The van der Waals surface area contributed by atoms with E-state index in [-0.39, 0.29) is 18.6 Å². The van der Waals surface area contributed by atoms with Gasteiger partial charge in [-0.05, 0) is 19.3 Å². The zero-order valence-corrected chi connectivity index (χ0v) is 14.9. The molecule has 5 rings (SSSR count). The summed E-state index contributed by atoms with van der Waals surface area (Å²) in [5, 5.41) is 3.38. The van der Waals surface area contributed by atoms with Gasteiger partial charge in [0.1, 0.15) is 16.6 Å². The first-order chi connectivity index (χ1) is 11.9. The van der Waals surface area contributed by atoms with Crippen LogP contribution in [0, 0.1) is 0 Å². The van der Waals surface area contributed by atoms with E-state index in [4.69, 9.17) is 9.26 Å². The van der Waals surface area contributed by atoms with Crippen LogP contribution in [0.15, 0.2) is 10.6 Å². The lowest BCUT2D eigenvalue weighted by Crippen LogP contribution is -2.56. The Hall–Kier alpha value is -1.45. The molecule has 9 heteroatoms. The monoisotopic (exact) mass is 367 g/mol. The van der Waals surface area contributed by atoms with Crippen molar-refractivity contribution < 1.29 is 22.5 Å². The second-order valence-electron chi connectivity index (χ2n) is 7.57. The summed E-state index contributed by atoms with van der Waals surface area (Å²) < 4.78 is 38.2. The Bertz CT molecular complexity index is 833. The van der Waals surface area contributed by atoms with Gasteiger partial charge in [0.25, 0.3) is 5.91 Å². The summed E-state index contributed by atoms with van der Waals surface area (Å²) in [6.45, 7) is 3.27. The third kappa shape index (κ3) is 2.22. The van der Waals surface area contributed by atoms with Gasteiger partial charge in [0.2, 0.25) is 10.0 Å². The minimum absolute atomic E-state index is 0.198. The highest BCUT2D eigenvalue weighted by molar-refractivity contribution is 7.90. The predicted molar refractivity (Wildman–Crippen MR) is 86.6 cm³/mol. The maximum atomic E-state index is 12.9. The van der Waals surface area contributed by atoms with Gasteiger partial charge in [0.05, 0.1) is 12.6 Å². The molecule has 25 heavy (non-hydrogen) atoms. The fourth-order valence-electron chi connectivity index (χ4n) is 4.50. The molecule has 136 valence electrons. The van der Waals surface area contributed by atoms with E-state index >= 15 is 0 Å². The quantitative estimate of drug-likeness (QED) is 0.775. The molecule has 0 N–H and O–H groups in total. The van der Waals surface area contributed by atoms with Crippen LogP contribution in [-0.4, -0.2) is 71.8 Å². The van der Waals surface area contributed by atoms with Crippen LogP contribution in [0.2, 0.25) is 0 Å². The third-order valence-electron chi connectivity index (χ3n) is 5.88. The van der Waals surface area contributed by atoms with Crippen LogP contribution in [0.5, 0.6) is 0 Å². The van der Waals surface area contributed by atoms with Crippen molar-refractivity contribution in [3.8, 4) is 0 Å². The van der Waals surface area contributed by atoms with E-state index in [0.717, 1.165) is 18.6 Å². The van der Waals surface area contributed by atoms with Gasteiger partial charge in [-0.25, -0.2) is 8.42 Å². The molecule has 3 saturated heterocycles. The van der Waals surface area contributed by atoms with E-state index < -0.39 is 20.9 Å². The summed E-state index contributed by atoms with van der Waals surface area (Å²) in [5.74, 6) is 0.975. The predicted octanol–water partition coefficient (Wildman–Crippen LogP) is 0.569. The number of hydrogen-bond acceptors (Lipinski definition) is 6. The smallest absolute Gasteiger partial charge is 0.276 e. The zero-order chi connectivity index (χ0) is 17.4. The normalized spacial score (nSPS) is 36.6. The van der Waals surface area contributed by atoms with Crippen molar-refractivity contribution in [1.29, 1.82) is 0 Å². The number of morpholine rings is 1. The van der Waals surface area contributed by atoms with Crippen molar-refractivity contribution >= 4 is 15.9 Å². The van der Waals surface area contributed by atoms with E-state index in [1.165, 1.54) is 4.31 Å². The van der Waals surface area contributed by atoms with E-state index in [9.17, 15) is 13.2 Å². The molecule has 8 nitrogen and oxygen atoms in total. The summed E-state index contributed by atoms with van der Waals surface area (Å²) in [5.41, 5.74) is -0.499. The number of rotatable bonds is 3. The molecule has 4 fully saturated rings. The fourth-order valence-corrected chi connectivity index (χ4v) is 6.83. The second-order valence-corrected chi connectivity index (χ2v) is 9.69. The molecule has 1 aromatic heterocycles. The molecule has 3 aliphatic heterocycles. The number of ether oxygens (including phenoxy) is 1. The second kappa shape index (κ2) is 5.05. The number of likely N-dealkylation sites (tertiary alicyclic amines) is 1. The first kappa shape index (κ1) is 15.8. The third-order valence-corrected chi connectivity index (χ3v) is 8.33. The molecule has 3 atom stereocenters. The Labute approximate surface area is 146 Å². The summed E-state index contributed by atoms with van der Waals surface area (Å²) in [7, 11) is -3.35. The molecule has 4 aliphatic rings. The standard InChI is InChI=1S/C16H21N3O5S/c1-2-19-9-16-8-18(7-11(23-16)5-14(16)25(19,21)22)15(20)12-6-13(24-17-12)10-3-4-10/h6,10-11,14H,2-5,7-9H2,1H3/t11-,14+,16+/m1/s1. The Morgan fingerprint density at radius 2 is 2.20 bits per heavy atom. The number of amides is 1. The SMILES string of the molecule is CCN1C[C@@]23CN(C(=O)c4cc(C5CC5)on4)C[C@@H](C[C@@H]2S1(=O)=O)O3. The van der Waals surface area contributed by atoms with Crippen molar-refractivity contribution in [3.63, 3.8) is 0 Å². The van der Waals surface area contributed by atoms with Gasteiger partial charge in [-0.1, -0.05) is 12.1 Å².